The van der Waals surface area contributed by atoms with Gasteiger partial charge in [-0.1, -0.05) is 31.7 Å². The van der Waals surface area contributed by atoms with Crippen molar-refractivity contribution in [3.63, 3.8) is 0 Å². The molecule has 39 heavy (non-hydrogen) atoms. The first-order chi connectivity index (χ1) is 18.2. The number of hydrogen-bond acceptors (Lipinski definition) is 3. The minimum Gasteiger partial charge on any atom is -0.351 e. The van der Waals surface area contributed by atoms with Gasteiger partial charge < -0.3 is 10.2 Å². The number of nitrogens with one attached hydrogen (secondary N) is 1. The second kappa shape index (κ2) is 11.8. The summed E-state index contributed by atoms with van der Waals surface area (Å²) in [6, 6.07) is 3.77. The Bertz CT molecular complexity index is 1020. The normalized spacial score (nSPS) is 24.8. The van der Waals surface area contributed by atoms with Crippen LogP contribution in [0.25, 0.3) is 0 Å². The number of carbonyl (C=O) groups excluding carboxylic acids is 2. The zero-order chi connectivity index (χ0) is 28.5. The van der Waals surface area contributed by atoms with Gasteiger partial charge >= 0.3 is 0 Å². The third-order valence-electron chi connectivity index (χ3n) is 9.67. The molecule has 5 nitrogen and oxygen atoms in total. The number of amides is 2. The van der Waals surface area contributed by atoms with Crippen molar-refractivity contribution in [1.82, 2.24) is 15.1 Å². The zero-order valence-corrected chi connectivity index (χ0v) is 24.9. The molecular formula is C32H49F2N3O2. The fourth-order valence-corrected chi connectivity index (χ4v) is 7.72. The molecule has 3 aliphatic rings. The van der Waals surface area contributed by atoms with E-state index in [1.54, 1.807) is 6.92 Å². The lowest BCUT2D eigenvalue weighted by Crippen LogP contribution is -2.48. The van der Waals surface area contributed by atoms with Gasteiger partial charge in [0.1, 0.15) is 11.6 Å². The van der Waals surface area contributed by atoms with Crippen molar-refractivity contribution in [3.8, 4) is 0 Å². The van der Waals surface area contributed by atoms with E-state index in [0.29, 0.717) is 36.4 Å². The van der Waals surface area contributed by atoms with Gasteiger partial charge in [-0.15, -0.1) is 0 Å². The maximum atomic E-state index is 14.9. The Morgan fingerprint density at radius 1 is 0.974 bits per heavy atom. The Morgan fingerprint density at radius 3 is 2.15 bits per heavy atom. The van der Waals surface area contributed by atoms with E-state index in [4.69, 9.17) is 0 Å². The maximum absolute atomic E-state index is 14.9. The summed E-state index contributed by atoms with van der Waals surface area (Å²) < 4.78 is 28.6. The predicted octanol–water partition coefficient (Wildman–Crippen LogP) is 6.13. The van der Waals surface area contributed by atoms with Gasteiger partial charge in [-0.25, -0.2) is 8.78 Å². The first-order valence-corrected chi connectivity index (χ1v) is 15.0. The molecule has 0 radical (unpaired) electrons. The minimum atomic E-state index is -0.592. The van der Waals surface area contributed by atoms with E-state index in [0.717, 1.165) is 38.4 Å². The second-order valence-electron chi connectivity index (χ2n) is 14.1. The molecule has 1 N–H and O–H groups in total. The molecular weight excluding hydrogens is 496 g/mol. The molecule has 1 aromatic carbocycles. The summed E-state index contributed by atoms with van der Waals surface area (Å²) in [5.74, 6) is 0.0825. The maximum Gasteiger partial charge on any atom is 0.227 e. The van der Waals surface area contributed by atoms with Crippen LogP contribution >= 0.6 is 0 Å². The van der Waals surface area contributed by atoms with E-state index in [9.17, 15) is 18.4 Å². The van der Waals surface area contributed by atoms with Gasteiger partial charge in [-0.2, -0.15) is 0 Å². The molecule has 2 heterocycles. The fraction of sp³-hybridized carbons (Fsp3) is 0.750. The number of benzene rings is 1. The number of likely N-dealkylation sites (tertiary alicyclic amines) is 2. The lowest BCUT2D eigenvalue weighted by atomic mass is 9.70. The van der Waals surface area contributed by atoms with Crippen molar-refractivity contribution >= 4 is 11.8 Å². The summed E-state index contributed by atoms with van der Waals surface area (Å²) in [5, 5.41) is 3.16. The molecule has 2 aliphatic heterocycles. The predicted molar refractivity (Wildman–Crippen MR) is 151 cm³/mol. The van der Waals surface area contributed by atoms with Crippen LogP contribution in [0.5, 0.6) is 0 Å². The molecule has 1 aromatic rings. The number of hydrogen-bond donors (Lipinski definition) is 1. The summed E-state index contributed by atoms with van der Waals surface area (Å²) in [5.41, 5.74) is 0.0444. The van der Waals surface area contributed by atoms with Crippen molar-refractivity contribution < 1.29 is 18.4 Å². The first kappa shape index (κ1) is 30.0. The van der Waals surface area contributed by atoms with Crippen LogP contribution in [0.15, 0.2) is 18.2 Å². The van der Waals surface area contributed by atoms with E-state index in [1.807, 2.05) is 4.90 Å². The van der Waals surface area contributed by atoms with E-state index < -0.39 is 11.6 Å². The fourth-order valence-electron chi connectivity index (χ4n) is 7.72. The highest BCUT2D eigenvalue weighted by Gasteiger charge is 2.45. The highest BCUT2D eigenvalue weighted by atomic mass is 19.1. The van der Waals surface area contributed by atoms with Gasteiger partial charge in [0.15, 0.2) is 0 Å². The number of nitrogens with zero attached hydrogens (tertiary/aromatic N) is 2. The Labute approximate surface area is 234 Å². The molecule has 3 atom stereocenters. The Kier molecular flexibility index (Phi) is 9.09. The number of piperidine rings is 1. The highest BCUT2D eigenvalue weighted by Crippen LogP contribution is 2.44. The van der Waals surface area contributed by atoms with Crippen LogP contribution in [0.1, 0.15) is 98.0 Å². The van der Waals surface area contributed by atoms with E-state index in [1.165, 1.54) is 37.8 Å². The van der Waals surface area contributed by atoms with Gasteiger partial charge in [0, 0.05) is 56.2 Å². The van der Waals surface area contributed by atoms with Gasteiger partial charge in [0.05, 0.1) is 5.92 Å². The van der Waals surface area contributed by atoms with Gasteiger partial charge in [-0.05, 0) is 83.3 Å². The molecule has 0 aromatic heterocycles. The molecule has 0 bridgehead atoms. The van der Waals surface area contributed by atoms with Crippen molar-refractivity contribution in [2.75, 3.05) is 26.2 Å². The van der Waals surface area contributed by atoms with Crippen molar-refractivity contribution in [2.24, 2.45) is 23.7 Å². The average Bonchev–Trinajstić information content (AvgIpc) is 3.52. The van der Waals surface area contributed by atoms with Crippen molar-refractivity contribution in [2.45, 2.75) is 103 Å². The van der Waals surface area contributed by atoms with Gasteiger partial charge in [-0.3, -0.25) is 14.5 Å². The van der Waals surface area contributed by atoms with Crippen LogP contribution in [0.3, 0.4) is 0 Å². The van der Waals surface area contributed by atoms with E-state index in [-0.39, 0.29) is 34.7 Å². The Hall–Kier alpha value is -2.02. The molecule has 218 valence electrons. The van der Waals surface area contributed by atoms with Crippen LogP contribution in [0.2, 0.25) is 0 Å². The molecule has 3 fully saturated rings. The molecule has 1 unspecified atom stereocenters. The SMILES string of the molecule is CC(=O)NC(C)(C)CC(C1CCCC1)C1CCN(C(=O)[C@H]2CN(C(C)(C)C)C[C@@H]2c2ccc(F)cc2F)CC1. The summed E-state index contributed by atoms with van der Waals surface area (Å²) in [7, 11) is 0. The topological polar surface area (TPSA) is 52.7 Å². The largest absolute Gasteiger partial charge is 0.351 e. The van der Waals surface area contributed by atoms with Crippen LogP contribution in [-0.2, 0) is 9.59 Å². The monoisotopic (exact) mass is 545 g/mol. The third-order valence-corrected chi connectivity index (χ3v) is 9.67. The first-order valence-electron chi connectivity index (χ1n) is 15.0. The average molecular weight is 546 g/mol. The summed E-state index contributed by atoms with van der Waals surface area (Å²) in [4.78, 5) is 30.1. The lowest BCUT2D eigenvalue weighted by molar-refractivity contribution is -0.137. The smallest absolute Gasteiger partial charge is 0.227 e. The summed E-state index contributed by atoms with van der Waals surface area (Å²) >= 11 is 0. The molecule has 1 aliphatic carbocycles. The van der Waals surface area contributed by atoms with Crippen LogP contribution in [0, 0.1) is 35.3 Å². The van der Waals surface area contributed by atoms with Gasteiger partial charge in [0.2, 0.25) is 11.8 Å². The molecule has 0 spiro atoms. The Morgan fingerprint density at radius 2 is 1.59 bits per heavy atom. The number of carbonyl (C=O) groups is 2. The summed E-state index contributed by atoms with van der Waals surface area (Å²) in [6.45, 7) is 14.8. The Balaban J connectivity index is 1.47. The second-order valence-corrected chi connectivity index (χ2v) is 14.1. The number of halogens is 2. The molecule has 7 heteroatoms. The van der Waals surface area contributed by atoms with Crippen LogP contribution in [0.4, 0.5) is 8.78 Å². The summed E-state index contributed by atoms with van der Waals surface area (Å²) in [6.07, 6.45) is 7.98. The number of rotatable bonds is 7. The van der Waals surface area contributed by atoms with Crippen molar-refractivity contribution in [3.05, 3.63) is 35.4 Å². The zero-order valence-electron chi connectivity index (χ0n) is 24.9. The van der Waals surface area contributed by atoms with Crippen LogP contribution in [-0.4, -0.2) is 58.9 Å². The highest BCUT2D eigenvalue weighted by molar-refractivity contribution is 5.81. The molecule has 2 amide bonds. The van der Waals surface area contributed by atoms with Gasteiger partial charge in [0.25, 0.3) is 0 Å². The standard InChI is InChI=1S/C32H49F2N3O2/c1-21(38)35-32(5,6)18-26(22-9-7-8-10-22)23-13-15-36(16-14-23)30(39)28-20-37(31(2,3)4)19-27(28)25-12-11-24(33)17-29(25)34/h11-12,17,22-23,26-28H,7-10,13-16,18-20H2,1-6H3,(H,35,38)/t26?,27-,28+/m1/s1. The minimum absolute atomic E-state index is 0.0126. The van der Waals surface area contributed by atoms with E-state index in [2.05, 4.69) is 44.8 Å². The van der Waals surface area contributed by atoms with Crippen molar-refractivity contribution in [1.29, 1.82) is 0 Å². The lowest BCUT2D eigenvalue weighted by Gasteiger charge is -2.42. The van der Waals surface area contributed by atoms with Crippen LogP contribution < -0.4 is 5.32 Å². The van der Waals surface area contributed by atoms with E-state index >= 15 is 0 Å². The quantitative estimate of drug-likeness (QED) is 0.449. The molecule has 2 saturated heterocycles. The molecule has 1 saturated carbocycles. The molecule has 4 rings (SSSR count). The third kappa shape index (κ3) is 7.20.